The number of nitriles is 1. The van der Waals surface area contributed by atoms with Gasteiger partial charge in [0.2, 0.25) is 5.95 Å². The van der Waals surface area contributed by atoms with Gasteiger partial charge in [-0.1, -0.05) is 6.07 Å². The lowest BCUT2D eigenvalue weighted by molar-refractivity contribution is -0.138. The van der Waals surface area contributed by atoms with Crippen LogP contribution in [0.1, 0.15) is 34.3 Å². The van der Waals surface area contributed by atoms with E-state index < -0.39 is 23.3 Å². The number of ether oxygens (including phenoxy) is 1. The largest absolute Gasteiger partial charge is 0.491 e. The summed E-state index contributed by atoms with van der Waals surface area (Å²) >= 11 is 0. The zero-order valence-corrected chi connectivity index (χ0v) is 21.3. The predicted molar refractivity (Wildman–Crippen MR) is 137 cm³/mol. The fourth-order valence-corrected chi connectivity index (χ4v) is 4.95. The fraction of sp³-hybridized carbons (Fsp3) is 0.385. The van der Waals surface area contributed by atoms with Crippen molar-refractivity contribution in [2.75, 3.05) is 49.1 Å². The highest BCUT2D eigenvalue weighted by Gasteiger charge is 2.40. The molecule has 5 rings (SSSR count). The van der Waals surface area contributed by atoms with E-state index in [9.17, 15) is 22.8 Å². The number of hydrogen-bond donors (Lipinski definition) is 1. The zero-order chi connectivity index (χ0) is 28.3. The smallest absolute Gasteiger partial charge is 0.423 e. The van der Waals surface area contributed by atoms with Gasteiger partial charge in [0.05, 0.1) is 35.9 Å². The topological polar surface area (TPSA) is 131 Å². The summed E-state index contributed by atoms with van der Waals surface area (Å²) in [6, 6.07) is 8.26. The number of carbonyl (C=O) groups is 1. The Morgan fingerprint density at radius 2 is 1.88 bits per heavy atom. The first kappa shape index (κ1) is 26.9. The lowest BCUT2D eigenvalue weighted by Gasteiger charge is -2.34. The lowest BCUT2D eigenvalue weighted by Crippen LogP contribution is -2.49. The van der Waals surface area contributed by atoms with Gasteiger partial charge >= 0.3 is 6.18 Å². The molecule has 0 spiro atoms. The molecular weight excluding hydrogens is 529 g/mol. The summed E-state index contributed by atoms with van der Waals surface area (Å²) in [7, 11) is 0. The molecule has 2 fully saturated rings. The molecule has 40 heavy (non-hydrogen) atoms. The maximum absolute atomic E-state index is 13.6. The number of rotatable bonds is 6. The molecule has 1 N–H and O–H groups in total. The average Bonchev–Trinajstić information content (AvgIpc) is 3.44. The van der Waals surface area contributed by atoms with Crippen LogP contribution in [0.15, 0.2) is 47.7 Å². The van der Waals surface area contributed by atoms with Crippen LogP contribution in [-0.4, -0.2) is 76.3 Å². The third-order valence-corrected chi connectivity index (χ3v) is 6.95. The van der Waals surface area contributed by atoms with Crippen LogP contribution in [0, 0.1) is 11.3 Å². The van der Waals surface area contributed by atoms with Gasteiger partial charge in [-0.05, 0) is 31.0 Å². The summed E-state index contributed by atoms with van der Waals surface area (Å²) in [5, 5.41) is 14.3. The van der Waals surface area contributed by atoms with Gasteiger partial charge in [0, 0.05) is 38.3 Å². The van der Waals surface area contributed by atoms with Crippen molar-refractivity contribution < 1.29 is 22.7 Å². The number of halogens is 3. The second-order valence-corrected chi connectivity index (χ2v) is 9.45. The van der Waals surface area contributed by atoms with Gasteiger partial charge in [0.15, 0.2) is 0 Å². The molecule has 4 heterocycles. The molecule has 0 aliphatic carbocycles. The monoisotopic (exact) mass is 554 g/mol. The summed E-state index contributed by atoms with van der Waals surface area (Å²) in [5.74, 6) is 0.751. The molecule has 2 aliphatic heterocycles. The van der Waals surface area contributed by atoms with Crippen LogP contribution in [0.25, 0.3) is 0 Å². The quantitative estimate of drug-likeness (QED) is 0.488. The van der Waals surface area contributed by atoms with Crippen LogP contribution in [0.3, 0.4) is 0 Å². The van der Waals surface area contributed by atoms with Crippen molar-refractivity contribution >= 4 is 17.5 Å². The van der Waals surface area contributed by atoms with E-state index in [0.717, 1.165) is 6.20 Å². The van der Waals surface area contributed by atoms with Crippen LogP contribution in [0.2, 0.25) is 0 Å². The number of H-pyrrole nitrogens is 1. The number of benzene rings is 1. The molecule has 0 bridgehead atoms. The molecule has 1 amide bonds. The lowest BCUT2D eigenvalue weighted by atomic mass is 10.1. The van der Waals surface area contributed by atoms with Gasteiger partial charge in [-0.25, -0.2) is 15.1 Å². The van der Waals surface area contributed by atoms with Crippen LogP contribution in [0.5, 0.6) is 5.75 Å². The number of aromatic amines is 1. The second-order valence-electron chi connectivity index (χ2n) is 9.45. The molecule has 2 saturated heterocycles. The van der Waals surface area contributed by atoms with Gasteiger partial charge in [0.1, 0.15) is 24.0 Å². The highest BCUT2D eigenvalue weighted by molar-refractivity contribution is 5.94. The van der Waals surface area contributed by atoms with Gasteiger partial charge < -0.3 is 19.4 Å². The molecule has 11 nitrogen and oxygen atoms in total. The molecule has 0 saturated carbocycles. The van der Waals surface area contributed by atoms with E-state index in [1.54, 1.807) is 29.2 Å². The van der Waals surface area contributed by atoms with Crippen molar-refractivity contribution in [1.82, 2.24) is 25.1 Å². The molecule has 1 atom stereocenters. The van der Waals surface area contributed by atoms with Gasteiger partial charge in [-0.3, -0.25) is 9.59 Å². The standard InChI is InChI=1S/C26H25F3N8O3/c27-26(28,29)22-21(15-33-34-23(22)38)37-6-2-4-19(37)16-40-20-5-1-3-18(11-20)24(39)35-7-9-36(10-8-35)25-31-13-17(12-30)14-32-25/h1,3,5,11,13-15,19H,2,4,6-10,16H2,(H,34,38)/t19-/m0/s1. The number of alkyl halides is 3. The minimum absolute atomic E-state index is 0.0744. The van der Waals surface area contributed by atoms with Gasteiger partial charge in [0.25, 0.3) is 11.5 Å². The molecule has 0 radical (unpaired) electrons. The Hall–Kier alpha value is -4.67. The molecule has 0 unspecified atom stereocenters. The molecule has 14 heteroatoms. The Morgan fingerprint density at radius 3 is 2.58 bits per heavy atom. The van der Waals surface area contributed by atoms with Crippen molar-refractivity contribution in [3.8, 4) is 11.8 Å². The number of piperazine rings is 1. The fourth-order valence-electron chi connectivity index (χ4n) is 4.95. The summed E-state index contributed by atoms with van der Waals surface area (Å²) in [6.07, 6.45) is 0.333. The van der Waals surface area contributed by atoms with E-state index in [1.165, 1.54) is 17.3 Å². The van der Waals surface area contributed by atoms with E-state index in [2.05, 4.69) is 15.1 Å². The Labute approximate surface area is 226 Å². The number of carbonyl (C=O) groups excluding carboxylic acids is 1. The van der Waals surface area contributed by atoms with Crippen molar-refractivity contribution in [3.63, 3.8) is 0 Å². The van der Waals surface area contributed by atoms with E-state index in [4.69, 9.17) is 10.00 Å². The predicted octanol–water partition coefficient (Wildman–Crippen LogP) is 2.46. The third-order valence-electron chi connectivity index (χ3n) is 6.95. The summed E-state index contributed by atoms with van der Waals surface area (Å²) < 4.78 is 46.7. The van der Waals surface area contributed by atoms with Gasteiger partial charge in [-0.15, -0.1) is 0 Å². The molecular formula is C26H25F3N8O3. The minimum atomic E-state index is -4.82. The van der Waals surface area contributed by atoms with Crippen molar-refractivity contribution in [3.05, 3.63) is 69.9 Å². The van der Waals surface area contributed by atoms with E-state index in [1.807, 2.05) is 16.1 Å². The average molecular weight is 555 g/mol. The minimum Gasteiger partial charge on any atom is -0.491 e. The molecule has 3 aromatic rings. The number of aromatic nitrogens is 4. The van der Waals surface area contributed by atoms with Crippen molar-refractivity contribution in [1.29, 1.82) is 5.26 Å². The molecule has 2 aromatic heterocycles. The number of hydrogen-bond acceptors (Lipinski definition) is 9. The number of nitrogens with one attached hydrogen (secondary N) is 1. The summed E-state index contributed by atoms with van der Waals surface area (Å²) in [4.78, 5) is 38.7. The SMILES string of the molecule is N#Cc1cnc(N2CCN(C(=O)c3cccc(OC[C@@H]4CCCN4c4cn[nH]c(=O)c4C(F)(F)F)c3)CC2)nc1. The Bertz CT molecular complexity index is 1460. The summed E-state index contributed by atoms with van der Waals surface area (Å²) in [6.45, 7) is 2.38. The second kappa shape index (κ2) is 11.2. The highest BCUT2D eigenvalue weighted by atomic mass is 19.4. The first-order valence-electron chi connectivity index (χ1n) is 12.7. The Morgan fingerprint density at radius 1 is 1.12 bits per heavy atom. The number of amides is 1. The first-order chi connectivity index (χ1) is 19.2. The highest BCUT2D eigenvalue weighted by Crippen LogP contribution is 2.36. The number of nitrogens with zero attached hydrogens (tertiary/aromatic N) is 7. The number of anilines is 2. The van der Waals surface area contributed by atoms with E-state index >= 15 is 0 Å². The van der Waals surface area contributed by atoms with Crippen LogP contribution in [0.4, 0.5) is 24.8 Å². The van der Waals surface area contributed by atoms with Crippen LogP contribution < -0.4 is 20.1 Å². The van der Waals surface area contributed by atoms with Crippen molar-refractivity contribution in [2.45, 2.75) is 25.1 Å². The third kappa shape index (κ3) is 5.68. The molecule has 2 aliphatic rings. The van der Waals surface area contributed by atoms with Gasteiger partial charge in [-0.2, -0.15) is 23.5 Å². The molecule has 1 aromatic carbocycles. The molecule has 208 valence electrons. The van der Waals surface area contributed by atoms with E-state index in [0.29, 0.717) is 68.4 Å². The maximum atomic E-state index is 13.6. The summed E-state index contributed by atoms with van der Waals surface area (Å²) in [5.41, 5.74) is -2.02. The Balaban J connectivity index is 1.21. The maximum Gasteiger partial charge on any atom is 0.423 e. The zero-order valence-electron chi connectivity index (χ0n) is 21.3. The van der Waals surface area contributed by atoms with Crippen LogP contribution >= 0.6 is 0 Å². The van der Waals surface area contributed by atoms with Crippen LogP contribution in [-0.2, 0) is 6.18 Å². The Kier molecular flexibility index (Phi) is 7.54. The van der Waals surface area contributed by atoms with E-state index in [-0.39, 0.29) is 18.2 Å². The first-order valence-corrected chi connectivity index (χ1v) is 12.7. The normalized spacial score (nSPS) is 17.6. The van der Waals surface area contributed by atoms with Crippen molar-refractivity contribution in [2.24, 2.45) is 0 Å².